The van der Waals surface area contributed by atoms with Crippen molar-refractivity contribution in [1.82, 2.24) is 10.1 Å². The van der Waals surface area contributed by atoms with Crippen molar-refractivity contribution < 1.29 is 18.8 Å². The Balaban J connectivity index is 1.59. The molecule has 1 atom stereocenters. The first-order valence-electron chi connectivity index (χ1n) is 9.22. The minimum atomic E-state index is -0.708. The summed E-state index contributed by atoms with van der Waals surface area (Å²) in [6.07, 6.45) is 0.241. The number of amides is 1. The number of hydrogen-bond donors (Lipinski definition) is 1. The van der Waals surface area contributed by atoms with Crippen molar-refractivity contribution in [1.29, 1.82) is 0 Å². The Kier molecular flexibility index (Phi) is 6.26. The van der Waals surface area contributed by atoms with Gasteiger partial charge in [-0.25, -0.2) is 0 Å². The number of nitrogens with zero attached hydrogens (tertiary/aromatic N) is 2. The molecule has 0 saturated heterocycles. The van der Waals surface area contributed by atoms with Gasteiger partial charge in [-0.1, -0.05) is 19.1 Å². The van der Waals surface area contributed by atoms with Gasteiger partial charge >= 0.3 is 0 Å². The van der Waals surface area contributed by atoms with Crippen molar-refractivity contribution in [2.45, 2.75) is 33.3 Å². The second-order valence-electron chi connectivity index (χ2n) is 6.13. The molecular formula is C21H23N3O4. The molecule has 0 bridgehead atoms. The van der Waals surface area contributed by atoms with Crippen LogP contribution in [0.1, 0.15) is 26.3 Å². The van der Waals surface area contributed by atoms with Gasteiger partial charge in [0, 0.05) is 5.56 Å². The lowest BCUT2D eigenvalue weighted by Gasteiger charge is -2.13. The quantitative estimate of drug-likeness (QED) is 0.632. The molecule has 1 amide bonds. The zero-order chi connectivity index (χ0) is 19.9. The fraction of sp³-hybridized carbons (Fsp3) is 0.286. The van der Waals surface area contributed by atoms with E-state index in [9.17, 15) is 4.79 Å². The third-order valence-electron chi connectivity index (χ3n) is 4.09. The molecule has 0 spiro atoms. The average Bonchev–Trinajstić information content (AvgIpc) is 3.18. The lowest BCUT2D eigenvalue weighted by atomic mass is 10.2. The maximum absolute atomic E-state index is 12.3. The highest BCUT2D eigenvalue weighted by Crippen LogP contribution is 2.22. The third kappa shape index (κ3) is 4.88. The van der Waals surface area contributed by atoms with Gasteiger partial charge in [0.05, 0.1) is 6.61 Å². The summed E-state index contributed by atoms with van der Waals surface area (Å²) >= 11 is 0. The van der Waals surface area contributed by atoms with Crippen LogP contribution in [0.3, 0.4) is 0 Å². The van der Waals surface area contributed by atoms with Crippen LogP contribution in [0, 0.1) is 0 Å². The van der Waals surface area contributed by atoms with Gasteiger partial charge in [-0.15, -0.1) is 0 Å². The van der Waals surface area contributed by atoms with Crippen LogP contribution in [0.5, 0.6) is 11.5 Å². The molecule has 28 heavy (non-hydrogen) atoms. The molecule has 0 radical (unpaired) electrons. The van der Waals surface area contributed by atoms with Gasteiger partial charge in [-0.2, -0.15) is 4.98 Å². The van der Waals surface area contributed by atoms with Gasteiger partial charge in [-0.05, 0) is 67.4 Å². The monoisotopic (exact) mass is 381 g/mol. The maximum Gasteiger partial charge on any atom is 0.270 e. The summed E-state index contributed by atoms with van der Waals surface area (Å²) < 4.78 is 16.3. The first-order valence-corrected chi connectivity index (χ1v) is 9.22. The number of benzene rings is 2. The van der Waals surface area contributed by atoms with Crippen LogP contribution < -0.4 is 14.8 Å². The predicted octanol–water partition coefficient (Wildman–Crippen LogP) is 4.10. The van der Waals surface area contributed by atoms with E-state index in [0.717, 1.165) is 17.7 Å². The molecule has 1 aromatic heterocycles. The molecule has 3 aromatic rings. The number of carbonyl (C=O) groups is 1. The van der Waals surface area contributed by atoms with Gasteiger partial charge in [0.2, 0.25) is 0 Å². The van der Waals surface area contributed by atoms with Gasteiger partial charge in [0.25, 0.3) is 17.7 Å². The SMILES string of the molecule is CCOc1ccc(-c2nc(NC(=O)C(C)Oc3ccc(CC)cc3)no2)cc1. The van der Waals surface area contributed by atoms with Gasteiger partial charge < -0.3 is 14.0 Å². The van der Waals surface area contributed by atoms with Gasteiger partial charge in [0.15, 0.2) is 6.10 Å². The van der Waals surface area contributed by atoms with E-state index in [2.05, 4.69) is 22.4 Å². The zero-order valence-electron chi connectivity index (χ0n) is 16.1. The number of ether oxygens (including phenoxy) is 2. The van der Waals surface area contributed by atoms with E-state index < -0.39 is 6.10 Å². The molecule has 1 unspecified atom stereocenters. The van der Waals surface area contributed by atoms with Crippen molar-refractivity contribution >= 4 is 11.9 Å². The average molecular weight is 381 g/mol. The molecule has 7 nitrogen and oxygen atoms in total. The maximum atomic E-state index is 12.3. The normalized spacial score (nSPS) is 11.7. The first-order chi connectivity index (χ1) is 13.6. The largest absolute Gasteiger partial charge is 0.494 e. The van der Waals surface area contributed by atoms with Crippen LogP contribution in [-0.2, 0) is 11.2 Å². The predicted molar refractivity (Wildman–Crippen MR) is 105 cm³/mol. The first kappa shape index (κ1) is 19.4. The van der Waals surface area contributed by atoms with Crippen LogP contribution in [0.15, 0.2) is 53.1 Å². The van der Waals surface area contributed by atoms with E-state index in [1.54, 1.807) is 6.92 Å². The summed E-state index contributed by atoms with van der Waals surface area (Å²) in [5.74, 6) is 1.42. The lowest BCUT2D eigenvalue weighted by molar-refractivity contribution is -0.122. The second kappa shape index (κ2) is 9.03. The summed E-state index contributed by atoms with van der Waals surface area (Å²) in [6.45, 7) is 6.26. The number of hydrogen-bond acceptors (Lipinski definition) is 6. The van der Waals surface area contributed by atoms with Crippen molar-refractivity contribution in [3.05, 3.63) is 54.1 Å². The summed E-state index contributed by atoms with van der Waals surface area (Å²) in [7, 11) is 0. The standard InChI is InChI=1S/C21H23N3O4/c1-4-15-6-10-18(11-7-15)27-14(3)19(25)22-21-23-20(28-24-21)16-8-12-17(13-9-16)26-5-2/h6-14H,4-5H2,1-3H3,(H,22,24,25). The smallest absolute Gasteiger partial charge is 0.270 e. The molecule has 1 N–H and O–H groups in total. The molecule has 0 aliphatic heterocycles. The zero-order valence-corrected chi connectivity index (χ0v) is 16.1. The Labute approximate surface area is 163 Å². The minimum Gasteiger partial charge on any atom is -0.494 e. The highest BCUT2D eigenvalue weighted by atomic mass is 16.5. The minimum absolute atomic E-state index is 0.0886. The van der Waals surface area contributed by atoms with E-state index in [1.807, 2.05) is 55.5 Å². The molecule has 2 aromatic carbocycles. The summed E-state index contributed by atoms with van der Waals surface area (Å²) in [4.78, 5) is 16.5. The fourth-order valence-electron chi connectivity index (χ4n) is 2.53. The number of rotatable bonds is 8. The number of aryl methyl sites for hydroxylation is 1. The van der Waals surface area contributed by atoms with E-state index >= 15 is 0 Å². The number of anilines is 1. The van der Waals surface area contributed by atoms with Crippen LogP contribution in [-0.4, -0.2) is 28.8 Å². The van der Waals surface area contributed by atoms with Crippen LogP contribution in [0.2, 0.25) is 0 Å². The van der Waals surface area contributed by atoms with E-state index in [4.69, 9.17) is 14.0 Å². The second-order valence-corrected chi connectivity index (χ2v) is 6.13. The van der Waals surface area contributed by atoms with Crippen molar-refractivity contribution in [2.24, 2.45) is 0 Å². The lowest BCUT2D eigenvalue weighted by Crippen LogP contribution is -2.30. The Morgan fingerprint density at radius 3 is 2.39 bits per heavy atom. The summed E-state index contributed by atoms with van der Waals surface area (Å²) in [5, 5.41) is 6.40. The molecule has 0 aliphatic rings. The highest BCUT2D eigenvalue weighted by molar-refractivity contribution is 5.92. The molecular weight excluding hydrogens is 358 g/mol. The van der Waals surface area contributed by atoms with Crippen molar-refractivity contribution in [3.8, 4) is 23.0 Å². The Morgan fingerprint density at radius 2 is 1.75 bits per heavy atom. The third-order valence-corrected chi connectivity index (χ3v) is 4.09. The van der Waals surface area contributed by atoms with Crippen molar-refractivity contribution in [2.75, 3.05) is 11.9 Å². The van der Waals surface area contributed by atoms with Crippen LogP contribution >= 0.6 is 0 Å². The van der Waals surface area contributed by atoms with Gasteiger partial charge in [-0.3, -0.25) is 10.1 Å². The molecule has 0 saturated carbocycles. The molecule has 146 valence electrons. The molecule has 0 fully saturated rings. The molecule has 3 rings (SSSR count). The van der Waals surface area contributed by atoms with Crippen LogP contribution in [0.25, 0.3) is 11.5 Å². The Hall–Kier alpha value is -3.35. The molecule has 1 heterocycles. The number of nitrogens with one attached hydrogen (secondary N) is 1. The fourth-order valence-corrected chi connectivity index (χ4v) is 2.53. The number of carbonyl (C=O) groups excluding carboxylic acids is 1. The number of aromatic nitrogens is 2. The Bertz CT molecular complexity index is 904. The Morgan fingerprint density at radius 1 is 1.07 bits per heavy atom. The molecule has 7 heteroatoms. The van der Waals surface area contributed by atoms with E-state index in [0.29, 0.717) is 18.2 Å². The summed E-state index contributed by atoms with van der Waals surface area (Å²) in [6, 6.07) is 14.9. The summed E-state index contributed by atoms with van der Waals surface area (Å²) in [5.41, 5.74) is 1.94. The van der Waals surface area contributed by atoms with Crippen LogP contribution in [0.4, 0.5) is 5.95 Å². The van der Waals surface area contributed by atoms with Crippen molar-refractivity contribution in [3.63, 3.8) is 0 Å². The van der Waals surface area contributed by atoms with E-state index in [1.165, 1.54) is 5.56 Å². The molecule has 0 aliphatic carbocycles. The highest BCUT2D eigenvalue weighted by Gasteiger charge is 2.18. The van der Waals surface area contributed by atoms with Gasteiger partial charge in [0.1, 0.15) is 11.5 Å². The topological polar surface area (TPSA) is 86.5 Å². The van der Waals surface area contributed by atoms with E-state index in [-0.39, 0.29) is 11.9 Å².